The number of halogens is 2. The van der Waals surface area contributed by atoms with E-state index < -0.39 is 17.3 Å². The van der Waals surface area contributed by atoms with Crippen LogP contribution in [0.2, 0.25) is 0 Å². The Morgan fingerprint density at radius 3 is 2.05 bits per heavy atom. The average Bonchev–Trinajstić information content (AvgIpc) is 2.38. The summed E-state index contributed by atoms with van der Waals surface area (Å²) in [4.78, 5) is 0. The highest BCUT2D eigenvalue weighted by atomic mass is 19.1. The molecule has 1 N–H and O–H groups in total. The molecule has 0 unspecified atom stereocenters. The Morgan fingerprint density at radius 1 is 0.905 bits per heavy atom. The Morgan fingerprint density at radius 2 is 1.48 bits per heavy atom. The van der Waals surface area contributed by atoms with E-state index in [2.05, 4.69) is 10.2 Å². The van der Waals surface area contributed by atoms with Crippen LogP contribution in [0.3, 0.4) is 0 Å². The third kappa shape index (κ3) is 3.24. The van der Waals surface area contributed by atoms with E-state index in [1.807, 2.05) is 20.8 Å². The standard InChI is InChI=1S/C16H16F2N2O/c1-16(2,3)10-6-4-9-13(15(10)21)19-20-14-11(17)7-5-8-12(14)18/h4-9,21H,1-3H3. The minimum atomic E-state index is -0.801. The number of nitrogens with zero attached hydrogens (tertiary/aromatic N) is 2. The van der Waals surface area contributed by atoms with Gasteiger partial charge in [-0.1, -0.05) is 39.0 Å². The lowest BCUT2D eigenvalue weighted by Gasteiger charge is -2.20. The number of benzene rings is 2. The van der Waals surface area contributed by atoms with Crippen molar-refractivity contribution in [3.63, 3.8) is 0 Å². The molecular formula is C16H16F2N2O. The lowest BCUT2D eigenvalue weighted by molar-refractivity contribution is 0.448. The second-order valence-electron chi connectivity index (χ2n) is 5.69. The quantitative estimate of drug-likeness (QED) is 0.741. The molecule has 0 atom stereocenters. The van der Waals surface area contributed by atoms with Gasteiger partial charge in [-0.05, 0) is 23.6 Å². The van der Waals surface area contributed by atoms with Gasteiger partial charge in [0.05, 0.1) is 0 Å². The molecular weight excluding hydrogens is 274 g/mol. The van der Waals surface area contributed by atoms with Crippen molar-refractivity contribution in [1.29, 1.82) is 0 Å². The van der Waals surface area contributed by atoms with E-state index in [1.54, 1.807) is 12.1 Å². The molecule has 0 fully saturated rings. The summed E-state index contributed by atoms with van der Waals surface area (Å²) in [6, 6.07) is 8.48. The average molecular weight is 290 g/mol. The minimum Gasteiger partial charge on any atom is -0.505 e. The van der Waals surface area contributed by atoms with Crippen LogP contribution >= 0.6 is 0 Å². The van der Waals surface area contributed by atoms with Crippen molar-refractivity contribution >= 4 is 11.4 Å². The topological polar surface area (TPSA) is 45.0 Å². The Labute approximate surface area is 122 Å². The zero-order chi connectivity index (χ0) is 15.6. The predicted octanol–water partition coefficient (Wildman–Crippen LogP) is 5.38. The maximum atomic E-state index is 13.5. The molecule has 2 aromatic rings. The SMILES string of the molecule is CC(C)(C)c1cccc(N=Nc2c(F)cccc2F)c1O. The van der Waals surface area contributed by atoms with Crippen LogP contribution in [-0.2, 0) is 5.41 Å². The van der Waals surface area contributed by atoms with E-state index in [4.69, 9.17) is 0 Å². The van der Waals surface area contributed by atoms with E-state index in [1.165, 1.54) is 12.1 Å². The van der Waals surface area contributed by atoms with Crippen LogP contribution < -0.4 is 0 Å². The van der Waals surface area contributed by atoms with Crippen molar-refractivity contribution in [1.82, 2.24) is 0 Å². The highest BCUT2D eigenvalue weighted by Gasteiger charge is 2.19. The van der Waals surface area contributed by atoms with Crippen LogP contribution in [-0.4, -0.2) is 5.11 Å². The smallest absolute Gasteiger partial charge is 0.157 e. The predicted molar refractivity (Wildman–Crippen MR) is 77.3 cm³/mol. The van der Waals surface area contributed by atoms with Crippen LogP contribution in [0.25, 0.3) is 0 Å². The number of para-hydroxylation sites is 1. The van der Waals surface area contributed by atoms with Gasteiger partial charge < -0.3 is 5.11 Å². The number of hydrogen-bond donors (Lipinski definition) is 1. The normalized spacial score (nSPS) is 12.0. The first kappa shape index (κ1) is 15.1. The van der Waals surface area contributed by atoms with Crippen molar-refractivity contribution in [2.75, 3.05) is 0 Å². The van der Waals surface area contributed by atoms with E-state index in [0.29, 0.717) is 5.56 Å². The molecule has 0 heterocycles. The molecule has 0 amide bonds. The van der Waals surface area contributed by atoms with Crippen LogP contribution in [0, 0.1) is 11.6 Å². The number of azo groups is 1. The summed E-state index contributed by atoms with van der Waals surface area (Å²) in [5.41, 5.74) is 0.106. The Hall–Kier alpha value is -2.30. The molecule has 0 aliphatic carbocycles. The number of phenolic OH excluding ortho intramolecular Hbond substituents is 1. The third-order valence-electron chi connectivity index (χ3n) is 3.02. The van der Waals surface area contributed by atoms with Crippen molar-refractivity contribution in [3.05, 3.63) is 53.6 Å². The highest BCUT2D eigenvalue weighted by molar-refractivity contribution is 5.57. The summed E-state index contributed by atoms with van der Waals surface area (Å²) in [6.45, 7) is 5.83. The van der Waals surface area contributed by atoms with E-state index in [0.717, 1.165) is 12.1 Å². The first-order valence-corrected chi connectivity index (χ1v) is 6.49. The molecule has 0 saturated heterocycles. The molecule has 0 aromatic heterocycles. The van der Waals surface area contributed by atoms with Crippen LogP contribution in [0.1, 0.15) is 26.3 Å². The van der Waals surface area contributed by atoms with E-state index in [-0.39, 0.29) is 16.9 Å². The molecule has 0 aliphatic rings. The highest BCUT2D eigenvalue weighted by Crippen LogP contribution is 2.38. The van der Waals surface area contributed by atoms with Gasteiger partial charge in [-0.25, -0.2) is 8.78 Å². The molecule has 21 heavy (non-hydrogen) atoms. The molecule has 0 bridgehead atoms. The van der Waals surface area contributed by atoms with Gasteiger partial charge in [0.25, 0.3) is 0 Å². The molecule has 0 radical (unpaired) electrons. The Bertz CT molecular complexity index is 671. The first-order valence-electron chi connectivity index (χ1n) is 6.49. The van der Waals surface area contributed by atoms with Crippen LogP contribution in [0.5, 0.6) is 5.75 Å². The van der Waals surface area contributed by atoms with Crippen molar-refractivity contribution in [2.45, 2.75) is 26.2 Å². The van der Waals surface area contributed by atoms with Gasteiger partial charge in [-0.2, -0.15) is 0 Å². The molecule has 110 valence electrons. The lowest BCUT2D eigenvalue weighted by atomic mass is 9.86. The monoisotopic (exact) mass is 290 g/mol. The summed E-state index contributed by atoms with van der Waals surface area (Å²) >= 11 is 0. The maximum Gasteiger partial charge on any atom is 0.157 e. The van der Waals surface area contributed by atoms with Gasteiger partial charge >= 0.3 is 0 Å². The zero-order valence-corrected chi connectivity index (χ0v) is 12.1. The van der Waals surface area contributed by atoms with Crippen molar-refractivity contribution in [2.24, 2.45) is 10.2 Å². The molecule has 0 aliphatic heterocycles. The summed E-state index contributed by atoms with van der Waals surface area (Å²) in [6.07, 6.45) is 0. The Balaban J connectivity index is 2.43. The summed E-state index contributed by atoms with van der Waals surface area (Å²) in [5, 5.41) is 17.5. The number of phenols is 1. The van der Waals surface area contributed by atoms with Crippen molar-refractivity contribution in [3.8, 4) is 5.75 Å². The fourth-order valence-electron chi connectivity index (χ4n) is 1.91. The van der Waals surface area contributed by atoms with Gasteiger partial charge in [0.1, 0.15) is 11.4 Å². The Kier molecular flexibility index (Phi) is 4.02. The van der Waals surface area contributed by atoms with E-state index >= 15 is 0 Å². The molecule has 2 aromatic carbocycles. The van der Waals surface area contributed by atoms with Gasteiger partial charge in [0.15, 0.2) is 17.3 Å². The molecule has 0 saturated carbocycles. The lowest BCUT2D eigenvalue weighted by Crippen LogP contribution is -2.10. The molecule has 2 rings (SSSR count). The molecule has 0 spiro atoms. The molecule has 3 nitrogen and oxygen atoms in total. The number of aromatic hydroxyl groups is 1. The second-order valence-corrected chi connectivity index (χ2v) is 5.69. The third-order valence-corrected chi connectivity index (χ3v) is 3.02. The number of rotatable bonds is 2. The van der Waals surface area contributed by atoms with Crippen LogP contribution in [0.4, 0.5) is 20.2 Å². The summed E-state index contributed by atoms with van der Waals surface area (Å²) in [7, 11) is 0. The second kappa shape index (κ2) is 5.60. The van der Waals surface area contributed by atoms with Crippen LogP contribution in [0.15, 0.2) is 46.6 Å². The van der Waals surface area contributed by atoms with Crippen molar-refractivity contribution < 1.29 is 13.9 Å². The van der Waals surface area contributed by atoms with E-state index in [9.17, 15) is 13.9 Å². The largest absolute Gasteiger partial charge is 0.505 e. The zero-order valence-electron chi connectivity index (χ0n) is 12.1. The summed E-state index contributed by atoms with van der Waals surface area (Å²) < 4.78 is 26.9. The minimum absolute atomic E-state index is 0.0366. The number of hydrogen-bond acceptors (Lipinski definition) is 3. The first-order chi connectivity index (χ1) is 9.80. The van der Waals surface area contributed by atoms with Gasteiger partial charge in [-0.15, -0.1) is 10.2 Å². The van der Waals surface area contributed by atoms with Gasteiger partial charge in [-0.3, -0.25) is 0 Å². The maximum absolute atomic E-state index is 13.5. The fraction of sp³-hybridized carbons (Fsp3) is 0.250. The molecule has 5 heteroatoms. The summed E-state index contributed by atoms with van der Waals surface area (Å²) in [5.74, 6) is -1.64. The van der Waals surface area contributed by atoms with Gasteiger partial charge in [0, 0.05) is 5.56 Å². The van der Waals surface area contributed by atoms with Gasteiger partial charge in [0.2, 0.25) is 0 Å². The fourth-order valence-corrected chi connectivity index (χ4v) is 1.91.